The van der Waals surface area contributed by atoms with Crippen LogP contribution in [-0.2, 0) is 25.7 Å². The van der Waals surface area contributed by atoms with Gasteiger partial charge < -0.3 is 36.1 Å². The molecule has 6 N–H and O–H groups in total. The number of anilines is 3. The highest BCUT2D eigenvalue weighted by Crippen LogP contribution is 2.38. The number of benzene rings is 4. The maximum Gasteiger partial charge on any atom is 0.224 e. The number of carbonyl (C=O) groups excluding carboxylic acids is 2. The highest BCUT2D eigenvalue weighted by atomic mass is 16.7. The van der Waals surface area contributed by atoms with Crippen molar-refractivity contribution in [2.75, 3.05) is 30.0 Å². The largest absolute Gasteiger partial charge is 0.397 e. The van der Waals surface area contributed by atoms with E-state index in [0.29, 0.717) is 36.4 Å². The molecule has 0 unspecified atom stereocenters. The molecule has 4 aromatic rings. The molecule has 5 rings (SSSR count). The zero-order chi connectivity index (χ0) is 34.8. The first-order chi connectivity index (χ1) is 23.7. The number of hydrogen-bond acceptors (Lipinski definition) is 8. The second kappa shape index (κ2) is 17.2. The molecule has 0 aliphatic carbocycles. The number of ether oxygens (including phenoxy) is 2. The fourth-order valence-electron chi connectivity index (χ4n) is 5.87. The average Bonchev–Trinajstić information content (AvgIpc) is 3.12. The van der Waals surface area contributed by atoms with Gasteiger partial charge in [-0.25, -0.2) is 0 Å². The van der Waals surface area contributed by atoms with Crippen LogP contribution in [0.25, 0.3) is 0 Å². The summed E-state index contributed by atoms with van der Waals surface area (Å²) in [5, 5.41) is 26.2. The van der Waals surface area contributed by atoms with Crippen molar-refractivity contribution >= 4 is 28.9 Å². The zero-order valence-electron chi connectivity index (χ0n) is 28.0. The maximum absolute atomic E-state index is 12.6. The van der Waals surface area contributed by atoms with Gasteiger partial charge in [0.2, 0.25) is 11.8 Å². The van der Waals surface area contributed by atoms with Crippen molar-refractivity contribution in [1.82, 2.24) is 4.90 Å². The van der Waals surface area contributed by atoms with E-state index in [9.17, 15) is 19.8 Å². The van der Waals surface area contributed by atoms with Crippen molar-refractivity contribution in [3.8, 4) is 0 Å². The fraction of sp³-hybridized carbons (Fsp3) is 0.333. The Labute approximate surface area is 287 Å². The summed E-state index contributed by atoms with van der Waals surface area (Å²) in [4.78, 5) is 27.0. The van der Waals surface area contributed by atoms with Crippen molar-refractivity contribution in [3.05, 3.63) is 125 Å². The third-order valence-electron chi connectivity index (χ3n) is 8.91. The molecule has 0 spiro atoms. The summed E-state index contributed by atoms with van der Waals surface area (Å²) >= 11 is 0. The minimum absolute atomic E-state index is 0.0331. The molecule has 1 aliphatic rings. The fourth-order valence-corrected chi connectivity index (χ4v) is 5.87. The Bertz CT molecular complexity index is 1650. The second-order valence-electron chi connectivity index (χ2n) is 12.5. The smallest absolute Gasteiger partial charge is 0.224 e. The first kappa shape index (κ1) is 35.7. The molecule has 5 atom stereocenters. The quantitative estimate of drug-likeness (QED) is 0.101. The Kier molecular flexibility index (Phi) is 12.5. The number of nitrogens with zero attached hydrogens (tertiary/aromatic N) is 1. The first-order valence-corrected chi connectivity index (χ1v) is 16.7. The molecule has 258 valence electrons. The number of rotatable bonds is 14. The molecule has 49 heavy (non-hydrogen) atoms. The lowest BCUT2D eigenvalue weighted by molar-refractivity contribution is -0.253. The summed E-state index contributed by atoms with van der Waals surface area (Å²) in [5.74, 6) is -0.386. The number of para-hydroxylation sites is 2. The van der Waals surface area contributed by atoms with E-state index in [-0.39, 0.29) is 49.5 Å². The van der Waals surface area contributed by atoms with Gasteiger partial charge in [-0.15, -0.1) is 0 Å². The van der Waals surface area contributed by atoms with E-state index in [4.69, 9.17) is 15.2 Å². The van der Waals surface area contributed by atoms with E-state index in [0.717, 1.165) is 22.3 Å². The molecule has 2 amide bonds. The van der Waals surface area contributed by atoms with Gasteiger partial charge in [0.05, 0.1) is 36.3 Å². The van der Waals surface area contributed by atoms with E-state index in [1.165, 1.54) is 0 Å². The van der Waals surface area contributed by atoms with Crippen LogP contribution in [0.4, 0.5) is 17.1 Å². The lowest BCUT2D eigenvalue weighted by Crippen LogP contribution is -2.43. The normalized spacial score (nSPS) is 18.8. The Morgan fingerprint density at radius 1 is 0.857 bits per heavy atom. The molecule has 4 aromatic carbocycles. The minimum atomic E-state index is -0.661. The zero-order valence-corrected chi connectivity index (χ0v) is 28.0. The molecule has 0 bridgehead atoms. The minimum Gasteiger partial charge on any atom is -0.397 e. The molecule has 0 aromatic heterocycles. The number of aliphatic hydroxyl groups is 2. The molecule has 0 radical (unpaired) electrons. The van der Waals surface area contributed by atoms with Gasteiger partial charge in [-0.1, -0.05) is 78.9 Å². The number of nitrogens with one attached hydrogen (secondary N) is 2. The summed E-state index contributed by atoms with van der Waals surface area (Å²) in [6.45, 7) is 2.54. The van der Waals surface area contributed by atoms with Crippen LogP contribution < -0.4 is 16.4 Å². The molecular formula is C39H46N4O6. The van der Waals surface area contributed by atoms with Gasteiger partial charge in [-0.3, -0.25) is 14.5 Å². The number of nitrogen functional groups attached to an aromatic ring is 1. The van der Waals surface area contributed by atoms with Gasteiger partial charge in [-0.2, -0.15) is 0 Å². The summed E-state index contributed by atoms with van der Waals surface area (Å²) in [7, 11) is 1.98. The monoisotopic (exact) mass is 666 g/mol. The predicted octanol–water partition coefficient (Wildman–Crippen LogP) is 6.11. The Hall–Kier alpha value is -4.58. The molecule has 1 saturated heterocycles. The van der Waals surface area contributed by atoms with Gasteiger partial charge in [0.25, 0.3) is 0 Å². The number of aliphatic hydroxyl groups excluding tert-OH is 2. The van der Waals surface area contributed by atoms with E-state index >= 15 is 0 Å². The van der Waals surface area contributed by atoms with Gasteiger partial charge in [0.15, 0.2) is 6.29 Å². The Morgan fingerprint density at radius 3 is 2.16 bits per heavy atom. The third-order valence-corrected chi connectivity index (χ3v) is 8.91. The molecule has 10 heteroatoms. The van der Waals surface area contributed by atoms with Crippen LogP contribution in [0.1, 0.15) is 73.4 Å². The topological polar surface area (TPSA) is 146 Å². The number of carbonyl (C=O) groups is 2. The average molecular weight is 667 g/mol. The standard InChI is InChI=1S/C39H46N4O6/c1-26(38(47)29-9-4-3-5-10-29)43(2)24-32-23-35(28-17-15-27(25-44)16-18-28)49-39(48-32)30-19-21-31(22-20-30)41-36(45)13-8-14-37(46)42-34-12-7-6-11-33(34)40/h3-7,9-12,15-22,26,32,35,38-39,44,47H,8,13-14,23-25,40H2,1-2H3,(H,41,45)(H,42,46)/t26-,32+,35-,38-,39-/m1/s1. The summed E-state index contributed by atoms with van der Waals surface area (Å²) < 4.78 is 13.0. The van der Waals surface area contributed by atoms with Gasteiger partial charge in [0, 0.05) is 43.1 Å². The van der Waals surface area contributed by atoms with Crippen molar-refractivity contribution in [2.45, 2.75) is 69.9 Å². The molecular weight excluding hydrogens is 620 g/mol. The predicted molar refractivity (Wildman–Crippen MR) is 190 cm³/mol. The van der Waals surface area contributed by atoms with Gasteiger partial charge >= 0.3 is 0 Å². The van der Waals surface area contributed by atoms with Gasteiger partial charge in [-0.05, 0) is 61.3 Å². The van der Waals surface area contributed by atoms with Crippen LogP contribution in [0.5, 0.6) is 0 Å². The third kappa shape index (κ3) is 9.97. The molecule has 0 saturated carbocycles. The van der Waals surface area contributed by atoms with Crippen molar-refractivity contribution in [3.63, 3.8) is 0 Å². The summed E-state index contributed by atoms with van der Waals surface area (Å²) in [6.07, 6.45) is -0.384. The van der Waals surface area contributed by atoms with E-state index < -0.39 is 12.4 Å². The highest BCUT2D eigenvalue weighted by Gasteiger charge is 2.34. The number of hydrogen-bond donors (Lipinski definition) is 5. The first-order valence-electron chi connectivity index (χ1n) is 16.7. The van der Waals surface area contributed by atoms with Crippen LogP contribution in [0.15, 0.2) is 103 Å². The van der Waals surface area contributed by atoms with Crippen LogP contribution in [-0.4, -0.2) is 52.7 Å². The number of nitrogens with two attached hydrogens (primary N) is 1. The van der Waals surface area contributed by atoms with Crippen LogP contribution >= 0.6 is 0 Å². The molecule has 1 aliphatic heterocycles. The summed E-state index contributed by atoms with van der Waals surface area (Å²) in [5.41, 5.74) is 11.0. The van der Waals surface area contributed by atoms with Crippen LogP contribution in [0.2, 0.25) is 0 Å². The van der Waals surface area contributed by atoms with E-state index in [1.54, 1.807) is 24.3 Å². The van der Waals surface area contributed by atoms with E-state index in [2.05, 4.69) is 15.5 Å². The maximum atomic E-state index is 12.6. The van der Waals surface area contributed by atoms with E-state index in [1.807, 2.05) is 92.8 Å². The second-order valence-corrected chi connectivity index (χ2v) is 12.5. The number of likely N-dealkylation sites (N-methyl/N-ethyl adjacent to an activating group) is 1. The SMILES string of the molecule is C[C@H]([C@@H](O)c1ccccc1)N(C)C[C@@H]1C[C@H](c2ccc(CO)cc2)O[C@H](c2ccc(NC(=O)CCCC(=O)Nc3ccccc3N)cc2)O1. The van der Waals surface area contributed by atoms with Crippen LogP contribution in [0, 0.1) is 0 Å². The summed E-state index contributed by atoms with van der Waals surface area (Å²) in [6, 6.07) is 31.6. The lowest BCUT2D eigenvalue weighted by Gasteiger charge is -2.39. The van der Waals surface area contributed by atoms with Crippen LogP contribution in [0.3, 0.4) is 0 Å². The highest BCUT2D eigenvalue weighted by molar-refractivity contribution is 5.94. The molecule has 1 fully saturated rings. The Balaban J connectivity index is 1.19. The van der Waals surface area contributed by atoms with Gasteiger partial charge in [0.1, 0.15) is 0 Å². The van der Waals surface area contributed by atoms with Crippen molar-refractivity contribution in [2.24, 2.45) is 0 Å². The Morgan fingerprint density at radius 2 is 1.49 bits per heavy atom. The molecule has 10 nitrogen and oxygen atoms in total. The van der Waals surface area contributed by atoms with Crippen molar-refractivity contribution in [1.29, 1.82) is 0 Å². The molecule has 1 heterocycles. The van der Waals surface area contributed by atoms with Crippen molar-refractivity contribution < 1.29 is 29.3 Å². The number of amides is 2. The lowest BCUT2D eigenvalue weighted by atomic mass is 9.98.